The van der Waals surface area contributed by atoms with Crippen LogP contribution in [-0.2, 0) is 15.3 Å². The Morgan fingerprint density at radius 2 is 1.85 bits per heavy atom. The molecule has 0 saturated carbocycles. The quantitative estimate of drug-likeness (QED) is 0.340. The smallest absolute Gasteiger partial charge is 0.309 e. The van der Waals surface area contributed by atoms with Crippen LogP contribution >= 0.6 is 23.4 Å². The van der Waals surface area contributed by atoms with E-state index in [1.807, 2.05) is 36.4 Å². The molecule has 4 rings (SSSR count). The lowest BCUT2D eigenvalue weighted by molar-refractivity contribution is -0.149. The van der Waals surface area contributed by atoms with Gasteiger partial charge in [-0.05, 0) is 56.2 Å². The molecule has 0 spiro atoms. The van der Waals surface area contributed by atoms with Gasteiger partial charge in [0.25, 0.3) is 5.91 Å². The van der Waals surface area contributed by atoms with Crippen LogP contribution < -0.4 is 0 Å². The number of benzene rings is 1. The summed E-state index contributed by atoms with van der Waals surface area (Å²) in [6, 6.07) is 14.8. The van der Waals surface area contributed by atoms with Gasteiger partial charge in [-0.2, -0.15) is 0 Å². The fourth-order valence-electron chi connectivity index (χ4n) is 3.62. The molecule has 33 heavy (non-hydrogen) atoms. The van der Waals surface area contributed by atoms with Crippen molar-refractivity contribution in [2.45, 2.75) is 30.5 Å². The molecule has 1 aromatic carbocycles. The molecule has 2 aromatic heterocycles. The molecule has 1 saturated heterocycles. The standard InChI is InChI=1S/C24H24ClN3O4S/c1-2-31-24(30)17-11-13-28(14-12-17)23(29)21-9-7-19(32-21)15-33-22-10-8-20(26-27-22)16-3-5-18(25)6-4-16/h3-10,17H,2,11-15H2,1H3. The molecule has 0 N–H and O–H groups in total. The first kappa shape index (κ1) is 23.3. The van der Waals surface area contributed by atoms with Crippen molar-refractivity contribution in [2.24, 2.45) is 5.92 Å². The highest BCUT2D eigenvalue weighted by Crippen LogP contribution is 2.26. The number of furan rings is 1. The summed E-state index contributed by atoms with van der Waals surface area (Å²) in [5, 5.41) is 9.98. The van der Waals surface area contributed by atoms with Crippen molar-refractivity contribution in [3.05, 3.63) is 65.1 Å². The normalized spacial score (nSPS) is 14.3. The van der Waals surface area contributed by atoms with Crippen LogP contribution in [0, 0.1) is 5.92 Å². The number of carbonyl (C=O) groups is 2. The van der Waals surface area contributed by atoms with E-state index in [-0.39, 0.29) is 17.8 Å². The zero-order valence-electron chi connectivity index (χ0n) is 18.2. The number of ether oxygens (including phenoxy) is 1. The molecular weight excluding hydrogens is 462 g/mol. The van der Waals surface area contributed by atoms with Crippen LogP contribution in [0.15, 0.2) is 58.0 Å². The Morgan fingerprint density at radius 1 is 1.09 bits per heavy atom. The first-order valence-electron chi connectivity index (χ1n) is 10.8. The third-order valence-electron chi connectivity index (χ3n) is 5.42. The number of hydrogen-bond acceptors (Lipinski definition) is 7. The summed E-state index contributed by atoms with van der Waals surface area (Å²) in [5.41, 5.74) is 1.72. The van der Waals surface area contributed by atoms with E-state index in [9.17, 15) is 9.59 Å². The molecule has 3 aromatic rings. The van der Waals surface area contributed by atoms with Gasteiger partial charge in [-0.1, -0.05) is 35.5 Å². The molecule has 0 unspecified atom stereocenters. The van der Waals surface area contributed by atoms with Crippen molar-refractivity contribution >= 4 is 35.2 Å². The highest BCUT2D eigenvalue weighted by atomic mass is 35.5. The summed E-state index contributed by atoms with van der Waals surface area (Å²) in [7, 11) is 0. The molecule has 1 aliphatic heterocycles. The zero-order valence-corrected chi connectivity index (χ0v) is 19.8. The number of halogens is 1. The summed E-state index contributed by atoms with van der Waals surface area (Å²) in [6.07, 6.45) is 1.22. The van der Waals surface area contributed by atoms with Crippen molar-refractivity contribution in [3.63, 3.8) is 0 Å². The van der Waals surface area contributed by atoms with Crippen LogP contribution in [0.2, 0.25) is 5.02 Å². The third-order valence-corrected chi connectivity index (χ3v) is 6.61. The monoisotopic (exact) mass is 485 g/mol. The van der Waals surface area contributed by atoms with E-state index >= 15 is 0 Å². The number of thioether (sulfide) groups is 1. The molecule has 7 nitrogen and oxygen atoms in total. The van der Waals surface area contributed by atoms with Crippen molar-refractivity contribution in [1.29, 1.82) is 0 Å². The molecule has 0 atom stereocenters. The fourth-order valence-corrected chi connectivity index (χ4v) is 4.46. The first-order chi connectivity index (χ1) is 16.0. The van der Waals surface area contributed by atoms with E-state index in [2.05, 4.69) is 10.2 Å². The summed E-state index contributed by atoms with van der Waals surface area (Å²) < 4.78 is 10.9. The molecule has 1 amide bonds. The Labute approximate surface area is 201 Å². The van der Waals surface area contributed by atoms with Gasteiger partial charge in [-0.25, -0.2) is 0 Å². The Hall–Kier alpha value is -2.84. The number of hydrogen-bond donors (Lipinski definition) is 0. The Balaban J connectivity index is 1.29. The SMILES string of the molecule is CCOC(=O)C1CCN(C(=O)c2ccc(CSc3ccc(-c4ccc(Cl)cc4)nn3)o2)CC1. The van der Waals surface area contributed by atoms with E-state index in [1.54, 1.807) is 24.0 Å². The van der Waals surface area contributed by atoms with Gasteiger partial charge in [0, 0.05) is 23.7 Å². The highest BCUT2D eigenvalue weighted by molar-refractivity contribution is 7.98. The summed E-state index contributed by atoms with van der Waals surface area (Å²) in [6.45, 7) is 3.21. The maximum Gasteiger partial charge on any atom is 0.309 e. The molecule has 0 aliphatic carbocycles. The zero-order chi connectivity index (χ0) is 23.2. The number of nitrogens with zero attached hydrogens (tertiary/aromatic N) is 3. The first-order valence-corrected chi connectivity index (χ1v) is 12.2. The predicted octanol–water partition coefficient (Wildman–Crippen LogP) is 5.10. The predicted molar refractivity (Wildman–Crippen MR) is 126 cm³/mol. The van der Waals surface area contributed by atoms with E-state index < -0.39 is 0 Å². The second kappa shape index (κ2) is 10.9. The number of likely N-dealkylation sites (tertiary alicyclic amines) is 1. The van der Waals surface area contributed by atoms with Gasteiger partial charge in [-0.15, -0.1) is 10.2 Å². The molecule has 1 aliphatic rings. The van der Waals surface area contributed by atoms with E-state index in [1.165, 1.54) is 11.8 Å². The lowest BCUT2D eigenvalue weighted by Gasteiger charge is -2.30. The van der Waals surface area contributed by atoms with Crippen LogP contribution in [0.4, 0.5) is 0 Å². The number of carbonyl (C=O) groups excluding carboxylic acids is 2. The Morgan fingerprint density at radius 3 is 2.52 bits per heavy atom. The molecule has 172 valence electrons. The number of amides is 1. The molecular formula is C24H24ClN3O4S. The van der Waals surface area contributed by atoms with Gasteiger partial charge in [0.15, 0.2) is 5.76 Å². The van der Waals surface area contributed by atoms with E-state index in [0.29, 0.717) is 54.8 Å². The van der Waals surface area contributed by atoms with Crippen LogP contribution in [0.25, 0.3) is 11.3 Å². The third kappa shape index (κ3) is 5.94. The number of aromatic nitrogens is 2. The highest BCUT2D eigenvalue weighted by Gasteiger charge is 2.29. The van der Waals surface area contributed by atoms with Crippen molar-refractivity contribution in [1.82, 2.24) is 15.1 Å². The molecule has 3 heterocycles. The summed E-state index contributed by atoms with van der Waals surface area (Å²) >= 11 is 7.41. The lowest BCUT2D eigenvalue weighted by atomic mass is 9.97. The minimum atomic E-state index is -0.175. The van der Waals surface area contributed by atoms with Gasteiger partial charge in [0.05, 0.1) is 24.0 Å². The lowest BCUT2D eigenvalue weighted by Crippen LogP contribution is -2.40. The maximum atomic E-state index is 12.8. The van der Waals surface area contributed by atoms with Gasteiger partial charge in [-0.3, -0.25) is 9.59 Å². The average Bonchev–Trinajstić information content (AvgIpc) is 3.32. The topological polar surface area (TPSA) is 85.5 Å². The van der Waals surface area contributed by atoms with E-state index in [4.69, 9.17) is 20.8 Å². The largest absolute Gasteiger partial charge is 0.466 e. The summed E-state index contributed by atoms with van der Waals surface area (Å²) in [4.78, 5) is 26.4. The minimum Gasteiger partial charge on any atom is -0.466 e. The maximum absolute atomic E-state index is 12.8. The van der Waals surface area contributed by atoms with E-state index in [0.717, 1.165) is 16.3 Å². The average molecular weight is 486 g/mol. The number of piperidine rings is 1. The Kier molecular flexibility index (Phi) is 7.67. The van der Waals surface area contributed by atoms with Crippen LogP contribution in [-0.4, -0.2) is 46.7 Å². The van der Waals surface area contributed by atoms with Crippen LogP contribution in [0.3, 0.4) is 0 Å². The Bertz CT molecular complexity index is 1090. The second-order valence-electron chi connectivity index (χ2n) is 7.64. The number of rotatable bonds is 7. The van der Waals surface area contributed by atoms with Crippen LogP contribution in [0.5, 0.6) is 0 Å². The molecule has 1 fully saturated rings. The fraction of sp³-hybridized carbons (Fsp3) is 0.333. The van der Waals surface area contributed by atoms with Crippen LogP contribution in [0.1, 0.15) is 36.1 Å². The van der Waals surface area contributed by atoms with Crippen molar-refractivity contribution in [2.75, 3.05) is 19.7 Å². The van der Waals surface area contributed by atoms with Gasteiger partial charge in [0.2, 0.25) is 0 Å². The second-order valence-corrected chi connectivity index (χ2v) is 9.07. The molecule has 9 heteroatoms. The van der Waals surface area contributed by atoms with Gasteiger partial charge >= 0.3 is 5.97 Å². The van der Waals surface area contributed by atoms with Gasteiger partial charge in [0.1, 0.15) is 10.8 Å². The minimum absolute atomic E-state index is 0.134. The molecule has 0 radical (unpaired) electrons. The van der Waals surface area contributed by atoms with Crippen molar-refractivity contribution in [3.8, 4) is 11.3 Å². The van der Waals surface area contributed by atoms with Crippen molar-refractivity contribution < 1.29 is 18.7 Å². The summed E-state index contributed by atoms with van der Waals surface area (Å²) in [5.74, 6) is 1.07. The molecule has 0 bridgehead atoms. The number of esters is 1. The van der Waals surface area contributed by atoms with Gasteiger partial charge < -0.3 is 14.1 Å².